The van der Waals surface area contributed by atoms with Crippen LogP contribution in [0.4, 0.5) is 0 Å². The summed E-state index contributed by atoms with van der Waals surface area (Å²) in [4.78, 5) is 28.6. The van der Waals surface area contributed by atoms with Crippen molar-refractivity contribution in [2.24, 2.45) is 0 Å². The van der Waals surface area contributed by atoms with Crippen molar-refractivity contribution in [3.05, 3.63) is 59.4 Å². The number of carbonyl (C=O) groups is 2. The molecule has 8 heteroatoms. The maximum absolute atomic E-state index is 12.6. The molecule has 1 aliphatic carbocycles. The summed E-state index contributed by atoms with van der Waals surface area (Å²) < 4.78 is 26.2. The predicted molar refractivity (Wildman–Crippen MR) is 93.1 cm³/mol. The number of hydrogen-bond acceptors (Lipinski definition) is 5. The Hall–Kier alpha value is -2.74. The van der Waals surface area contributed by atoms with Crippen LogP contribution in [0.3, 0.4) is 0 Å². The molecular formula is C18H17N3O4S. The highest BCUT2D eigenvalue weighted by Gasteiger charge is 2.48. The highest BCUT2D eigenvalue weighted by molar-refractivity contribution is 7.90. The second-order valence-electron chi connectivity index (χ2n) is 6.42. The number of nitrogens with one attached hydrogen (secondary N) is 1. The van der Waals surface area contributed by atoms with Gasteiger partial charge in [0.1, 0.15) is 4.90 Å². The van der Waals surface area contributed by atoms with E-state index in [4.69, 9.17) is 0 Å². The molecule has 1 fully saturated rings. The highest BCUT2D eigenvalue weighted by Crippen LogP contribution is 2.39. The van der Waals surface area contributed by atoms with Gasteiger partial charge in [-0.15, -0.1) is 0 Å². The Bertz CT molecular complexity index is 985. The standard InChI is InChI=1S/C18H17N3O4S/c22-17(20-9-7-12-2-1-8-19-11-12)13-3-6-15-16(10-13)26(24,25)21(18(15)23)14-4-5-14/h1-3,6,8,10-11,14H,4-5,7,9H2,(H,20,22). The van der Waals surface area contributed by atoms with Crippen molar-refractivity contribution in [3.8, 4) is 0 Å². The highest BCUT2D eigenvalue weighted by atomic mass is 32.2. The summed E-state index contributed by atoms with van der Waals surface area (Å²) in [6.07, 6.45) is 5.42. The van der Waals surface area contributed by atoms with E-state index in [0.29, 0.717) is 25.8 Å². The molecule has 2 amide bonds. The van der Waals surface area contributed by atoms with Gasteiger partial charge in [0.2, 0.25) is 0 Å². The summed E-state index contributed by atoms with van der Waals surface area (Å²) in [6, 6.07) is 7.71. The third-order valence-electron chi connectivity index (χ3n) is 4.51. The van der Waals surface area contributed by atoms with E-state index < -0.39 is 15.9 Å². The van der Waals surface area contributed by atoms with Gasteiger partial charge in [0, 0.05) is 30.5 Å². The minimum Gasteiger partial charge on any atom is -0.352 e. The van der Waals surface area contributed by atoms with E-state index in [1.165, 1.54) is 18.2 Å². The summed E-state index contributed by atoms with van der Waals surface area (Å²) in [5, 5.41) is 2.76. The number of carbonyl (C=O) groups excluding carboxylic acids is 2. The Labute approximate surface area is 151 Å². The van der Waals surface area contributed by atoms with Crippen LogP contribution in [0, 0.1) is 0 Å². The molecule has 7 nitrogen and oxygen atoms in total. The zero-order valence-corrected chi connectivity index (χ0v) is 14.7. The summed E-state index contributed by atoms with van der Waals surface area (Å²) >= 11 is 0. The molecule has 1 aromatic carbocycles. The minimum atomic E-state index is -3.86. The van der Waals surface area contributed by atoms with E-state index in [2.05, 4.69) is 10.3 Å². The number of sulfonamides is 1. The van der Waals surface area contributed by atoms with Crippen LogP contribution in [0.2, 0.25) is 0 Å². The van der Waals surface area contributed by atoms with Gasteiger partial charge < -0.3 is 5.32 Å². The van der Waals surface area contributed by atoms with Crippen molar-refractivity contribution in [2.75, 3.05) is 6.54 Å². The van der Waals surface area contributed by atoms with E-state index in [0.717, 1.165) is 9.87 Å². The van der Waals surface area contributed by atoms with Crippen LogP contribution in [-0.4, -0.2) is 42.1 Å². The van der Waals surface area contributed by atoms with E-state index in [1.807, 2.05) is 12.1 Å². The van der Waals surface area contributed by atoms with Gasteiger partial charge in [-0.05, 0) is 49.1 Å². The Balaban J connectivity index is 1.50. The van der Waals surface area contributed by atoms with E-state index in [1.54, 1.807) is 12.4 Å². The van der Waals surface area contributed by atoms with Gasteiger partial charge in [0.05, 0.1) is 5.56 Å². The van der Waals surface area contributed by atoms with Crippen molar-refractivity contribution >= 4 is 21.8 Å². The van der Waals surface area contributed by atoms with Gasteiger partial charge >= 0.3 is 0 Å². The molecule has 0 saturated heterocycles. The van der Waals surface area contributed by atoms with Gasteiger partial charge in [0.25, 0.3) is 21.8 Å². The monoisotopic (exact) mass is 371 g/mol. The maximum atomic E-state index is 12.6. The Morgan fingerprint density at radius 3 is 2.77 bits per heavy atom. The predicted octanol–water partition coefficient (Wildman–Crippen LogP) is 1.36. The largest absolute Gasteiger partial charge is 0.352 e. The average Bonchev–Trinajstić information content (AvgIpc) is 3.43. The molecule has 1 aliphatic heterocycles. The Morgan fingerprint density at radius 2 is 2.08 bits per heavy atom. The first-order valence-corrected chi connectivity index (χ1v) is 9.82. The molecule has 0 unspecified atom stereocenters. The molecule has 0 atom stereocenters. The number of nitrogens with zero attached hydrogens (tertiary/aromatic N) is 2. The molecule has 0 radical (unpaired) electrons. The van der Waals surface area contributed by atoms with Crippen molar-refractivity contribution < 1.29 is 18.0 Å². The molecule has 0 spiro atoms. The number of hydrogen-bond donors (Lipinski definition) is 1. The smallest absolute Gasteiger partial charge is 0.269 e. The number of benzene rings is 1. The number of fused-ring (bicyclic) bond motifs is 1. The van der Waals surface area contributed by atoms with Crippen molar-refractivity contribution in [3.63, 3.8) is 0 Å². The van der Waals surface area contributed by atoms with Gasteiger partial charge in [-0.25, -0.2) is 12.7 Å². The van der Waals surface area contributed by atoms with Crippen molar-refractivity contribution in [2.45, 2.75) is 30.2 Å². The molecule has 1 N–H and O–H groups in total. The molecule has 1 saturated carbocycles. The third-order valence-corrected chi connectivity index (χ3v) is 6.39. The fraction of sp³-hybridized carbons (Fsp3) is 0.278. The summed E-state index contributed by atoms with van der Waals surface area (Å²) in [5.74, 6) is -0.866. The molecule has 2 aromatic rings. The van der Waals surface area contributed by atoms with Gasteiger partial charge in [-0.3, -0.25) is 14.6 Å². The minimum absolute atomic E-state index is 0.0747. The summed E-state index contributed by atoms with van der Waals surface area (Å²) in [5.41, 5.74) is 1.36. The lowest BCUT2D eigenvalue weighted by molar-refractivity contribution is 0.0863. The topological polar surface area (TPSA) is 96.4 Å². The van der Waals surface area contributed by atoms with Crippen LogP contribution >= 0.6 is 0 Å². The third kappa shape index (κ3) is 2.86. The molecule has 134 valence electrons. The molecule has 2 heterocycles. The number of aromatic nitrogens is 1. The first kappa shape index (κ1) is 16.7. The van der Waals surface area contributed by atoms with Crippen LogP contribution in [0.5, 0.6) is 0 Å². The zero-order valence-electron chi connectivity index (χ0n) is 13.9. The van der Waals surface area contributed by atoms with Crippen LogP contribution < -0.4 is 5.32 Å². The average molecular weight is 371 g/mol. The molecule has 0 bridgehead atoms. The fourth-order valence-electron chi connectivity index (χ4n) is 3.03. The van der Waals surface area contributed by atoms with Crippen LogP contribution in [0.15, 0.2) is 47.6 Å². The quantitative estimate of drug-likeness (QED) is 0.856. The summed E-state index contributed by atoms with van der Waals surface area (Å²) in [6.45, 7) is 0.404. The zero-order chi connectivity index (χ0) is 18.3. The van der Waals surface area contributed by atoms with Crippen molar-refractivity contribution in [1.29, 1.82) is 0 Å². The molecule has 2 aliphatic rings. The van der Waals surface area contributed by atoms with E-state index in [9.17, 15) is 18.0 Å². The van der Waals surface area contributed by atoms with Crippen LogP contribution in [0.25, 0.3) is 0 Å². The molecule has 1 aromatic heterocycles. The maximum Gasteiger partial charge on any atom is 0.269 e. The van der Waals surface area contributed by atoms with Crippen molar-refractivity contribution in [1.82, 2.24) is 14.6 Å². The normalized spacial score (nSPS) is 17.8. The van der Waals surface area contributed by atoms with Gasteiger partial charge in [0.15, 0.2) is 0 Å². The molecular weight excluding hydrogens is 354 g/mol. The Kier molecular flexibility index (Phi) is 3.99. The lowest BCUT2D eigenvalue weighted by atomic mass is 10.1. The van der Waals surface area contributed by atoms with Crippen LogP contribution in [-0.2, 0) is 16.4 Å². The lowest BCUT2D eigenvalue weighted by Crippen LogP contribution is -2.32. The van der Waals surface area contributed by atoms with Gasteiger partial charge in [-0.2, -0.15) is 0 Å². The number of amides is 2. The second kappa shape index (κ2) is 6.21. The SMILES string of the molecule is O=C(NCCc1cccnc1)c1ccc2c(c1)S(=O)(=O)N(C1CC1)C2=O. The van der Waals surface area contributed by atoms with Crippen LogP contribution in [0.1, 0.15) is 39.1 Å². The number of pyridine rings is 1. The molecule has 26 heavy (non-hydrogen) atoms. The fourth-order valence-corrected chi connectivity index (χ4v) is 4.87. The second-order valence-corrected chi connectivity index (χ2v) is 8.20. The van der Waals surface area contributed by atoms with E-state index in [-0.39, 0.29) is 28.0 Å². The Morgan fingerprint density at radius 1 is 1.27 bits per heavy atom. The number of rotatable bonds is 5. The first-order chi connectivity index (χ1) is 12.5. The van der Waals surface area contributed by atoms with E-state index >= 15 is 0 Å². The summed E-state index contributed by atoms with van der Waals surface area (Å²) in [7, 11) is -3.86. The lowest BCUT2D eigenvalue weighted by Gasteiger charge is -2.13. The molecule has 4 rings (SSSR count). The van der Waals surface area contributed by atoms with Gasteiger partial charge in [-0.1, -0.05) is 6.07 Å². The first-order valence-electron chi connectivity index (χ1n) is 8.38.